The Hall–Kier alpha value is -1.68. The van der Waals surface area contributed by atoms with Gasteiger partial charge in [0.05, 0.1) is 11.3 Å². The van der Waals surface area contributed by atoms with E-state index in [1.54, 1.807) is 0 Å². The fourth-order valence-electron chi connectivity index (χ4n) is 3.45. The lowest BCUT2D eigenvalue weighted by atomic mass is 9.74. The van der Waals surface area contributed by atoms with Crippen molar-refractivity contribution in [1.82, 2.24) is 4.90 Å². The molecule has 1 aromatic carbocycles. The molecule has 2 aliphatic rings. The molecular formula is C14H15NO3. The van der Waals surface area contributed by atoms with Gasteiger partial charge in [0.25, 0.3) is 0 Å². The molecule has 1 aromatic rings. The van der Waals surface area contributed by atoms with Gasteiger partial charge in [0, 0.05) is 18.7 Å². The van der Waals surface area contributed by atoms with Crippen LogP contribution >= 0.6 is 0 Å². The van der Waals surface area contributed by atoms with Crippen LogP contribution in [0.1, 0.15) is 15.9 Å². The van der Waals surface area contributed by atoms with Crippen molar-refractivity contribution in [3.63, 3.8) is 0 Å². The topological polar surface area (TPSA) is 57.6 Å². The number of Topliss-reactive ketones (excluding diaryl/α,β-unsaturated/α-hetero) is 1. The van der Waals surface area contributed by atoms with Gasteiger partial charge in [-0.3, -0.25) is 9.59 Å². The molecule has 4 nitrogen and oxygen atoms in total. The van der Waals surface area contributed by atoms with E-state index in [-0.39, 0.29) is 5.78 Å². The van der Waals surface area contributed by atoms with Crippen LogP contribution in [-0.4, -0.2) is 41.9 Å². The summed E-state index contributed by atoms with van der Waals surface area (Å²) < 4.78 is 0. The van der Waals surface area contributed by atoms with Crippen molar-refractivity contribution < 1.29 is 14.7 Å². The van der Waals surface area contributed by atoms with E-state index < -0.39 is 17.3 Å². The van der Waals surface area contributed by atoms with E-state index in [9.17, 15) is 14.7 Å². The summed E-state index contributed by atoms with van der Waals surface area (Å²) in [5.74, 6) is -1.45. The number of hydrogen-bond acceptors (Lipinski definition) is 3. The van der Waals surface area contributed by atoms with Gasteiger partial charge in [0.2, 0.25) is 0 Å². The minimum atomic E-state index is -0.861. The number of benzene rings is 1. The first-order valence-corrected chi connectivity index (χ1v) is 6.09. The molecule has 0 unspecified atom stereocenters. The number of aliphatic carboxylic acids is 1. The third-order valence-electron chi connectivity index (χ3n) is 4.23. The molecule has 0 aromatic heterocycles. The molecule has 0 amide bonds. The SMILES string of the molecule is CN1C[C@@H](C(=O)O)[C@@]2(Cc3ccccc3C2=O)C1. The summed E-state index contributed by atoms with van der Waals surface area (Å²) in [6.07, 6.45) is 0.559. The zero-order valence-electron chi connectivity index (χ0n) is 10.2. The Morgan fingerprint density at radius 2 is 2.17 bits per heavy atom. The van der Waals surface area contributed by atoms with E-state index in [2.05, 4.69) is 0 Å². The van der Waals surface area contributed by atoms with Gasteiger partial charge in [-0.15, -0.1) is 0 Å². The molecule has 4 heteroatoms. The highest BCUT2D eigenvalue weighted by Crippen LogP contribution is 2.46. The Balaban J connectivity index is 2.08. The predicted molar refractivity (Wildman–Crippen MR) is 65.5 cm³/mol. The summed E-state index contributed by atoms with van der Waals surface area (Å²) in [6, 6.07) is 7.48. The molecule has 18 heavy (non-hydrogen) atoms. The molecule has 1 aliphatic carbocycles. The number of carboxylic acid groups (broad SMARTS) is 1. The Kier molecular flexibility index (Phi) is 2.32. The van der Waals surface area contributed by atoms with E-state index in [1.807, 2.05) is 36.2 Å². The molecule has 1 N–H and O–H groups in total. The minimum Gasteiger partial charge on any atom is -0.481 e. The zero-order valence-corrected chi connectivity index (χ0v) is 10.2. The maximum Gasteiger partial charge on any atom is 0.308 e. The van der Waals surface area contributed by atoms with Gasteiger partial charge in [0.1, 0.15) is 0 Å². The maximum absolute atomic E-state index is 12.6. The fraction of sp³-hybridized carbons (Fsp3) is 0.429. The molecule has 0 radical (unpaired) electrons. The second-order valence-corrected chi connectivity index (χ2v) is 5.41. The smallest absolute Gasteiger partial charge is 0.308 e. The number of ketones is 1. The normalized spacial score (nSPS) is 30.9. The summed E-state index contributed by atoms with van der Waals surface area (Å²) in [5, 5.41) is 9.37. The van der Waals surface area contributed by atoms with E-state index in [4.69, 9.17) is 0 Å². The van der Waals surface area contributed by atoms with Gasteiger partial charge in [-0.25, -0.2) is 0 Å². The summed E-state index contributed by atoms with van der Waals surface area (Å²) in [7, 11) is 1.88. The number of fused-ring (bicyclic) bond motifs is 1. The van der Waals surface area contributed by atoms with Gasteiger partial charge >= 0.3 is 5.97 Å². The van der Waals surface area contributed by atoms with Crippen LogP contribution in [0.3, 0.4) is 0 Å². The van der Waals surface area contributed by atoms with Crippen LogP contribution in [0.15, 0.2) is 24.3 Å². The lowest BCUT2D eigenvalue weighted by molar-refractivity contribution is -0.143. The highest BCUT2D eigenvalue weighted by molar-refractivity contribution is 6.07. The first kappa shape index (κ1) is 11.4. The number of hydrogen-bond donors (Lipinski definition) is 1. The molecule has 0 bridgehead atoms. The molecule has 1 spiro atoms. The second kappa shape index (κ2) is 3.65. The van der Waals surface area contributed by atoms with Gasteiger partial charge in [0.15, 0.2) is 5.78 Å². The number of rotatable bonds is 1. The molecular weight excluding hydrogens is 230 g/mol. The highest BCUT2D eigenvalue weighted by Gasteiger charge is 2.57. The van der Waals surface area contributed by atoms with E-state index in [0.29, 0.717) is 25.1 Å². The lowest BCUT2D eigenvalue weighted by Crippen LogP contribution is -2.40. The average molecular weight is 245 g/mol. The van der Waals surface area contributed by atoms with E-state index in [0.717, 1.165) is 5.56 Å². The third kappa shape index (κ3) is 1.35. The summed E-state index contributed by atoms with van der Waals surface area (Å²) in [4.78, 5) is 26.0. The maximum atomic E-state index is 12.6. The first-order valence-electron chi connectivity index (χ1n) is 6.09. The number of likely N-dealkylation sites (tertiary alicyclic amines) is 1. The van der Waals surface area contributed by atoms with Crippen LogP contribution in [0.5, 0.6) is 0 Å². The Morgan fingerprint density at radius 1 is 1.44 bits per heavy atom. The van der Waals surface area contributed by atoms with Crippen LogP contribution < -0.4 is 0 Å². The number of carboxylic acids is 1. The number of carbonyl (C=O) groups is 2. The van der Waals surface area contributed by atoms with Crippen LogP contribution in [0.2, 0.25) is 0 Å². The van der Waals surface area contributed by atoms with E-state index >= 15 is 0 Å². The van der Waals surface area contributed by atoms with Gasteiger partial charge in [-0.1, -0.05) is 24.3 Å². The van der Waals surface area contributed by atoms with Crippen molar-refractivity contribution >= 4 is 11.8 Å². The number of nitrogens with zero attached hydrogens (tertiary/aromatic N) is 1. The molecule has 2 atom stereocenters. The van der Waals surface area contributed by atoms with Gasteiger partial charge in [-0.2, -0.15) is 0 Å². The predicted octanol–water partition coefficient (Wildman–Crippen LogP) is 1.06. The molecule has 1 heterocycles. The lowest BCUT2D eigenvalue weighted by Gasteiger charge is -2.25. The fourth-order valence-corrected chi connectivity index (χ4v) is 3.45. The second-order valence-electron chi connectivity index (χ2n) is 5.41. The Morgan fingerprint density at radius 3 is 2.83 bits per heavy atom. The first-order chi connectivity index (χ1) is 8.54. The average Bonchev–Trinajstić information content (AvgIpc) is 2.80. The van der Waals surface area contributed by atoms with Crippen molar-refractivity contribution in [2.75, 3.05) is 20.1 Å². The van der Waals surface area contributed by atoms with Crippen molar-refractivity contribution in [3.05, 3.63) is 35.4 Å². The van der Waals surface area contributed by atoms with Crippen molar-refractivity contribution in [1.29, 1.82) is 0 Å². The molecule has 94 valence electrons. The van der Waals surface area contributed by atoms with Crippen molar-refractivity contribution in [2.45, 2.75) is 6.42 Å². The Labute approximate surface area is 105 Å². The summed E-state index contributed by atoms with van der Waals surface area (Å²) >= 11 is 0. The van der Waals surface area contributed by atoms with Crippen LogP contribution in [0.4, 0.5) is 0 Å². The zero-order chi connectivity index (χ0) is 12.9. The van der Waals surface area contributed by atoms with Crippen molar-refractivity contribution in [3.8, 4) is 0 Å². The largest absolute Gasteiger partial charge is 0.481 e. The molecule has 1 saturated heterocycles. The quantitative estimate of drug-likeness (QED) is 0.803. The van der Waals surface area contributed by atoms with E-state index in [1.165, 1.54) is 0 Å². The molecule has 1 aliphatic heterocycles. The number of carbonyl (C=O) groups excluding carboxylic acids is 1. The molecule has 1 fully saturated rings. The van der Waals surface area contributed by atoms with Crippen LogP contribution in [-0.2, 0) is 11.2 Å². The summed E-state index contributed by atoms with van der Waals surface area (Å²) in [6.45, 7) is 0.993. The van der Waals surface area contributed by atoms with Crippen LogP contribution in [0, 0.1) is 11.3 Å². The standard InChI is InChI=1S/C14H15NO3/c1-15-7-11(13(17)18)14(8-15)6-9-4-2-3-5-10(9)12(14)16/h2-5,11H,6-8H2,1H3,(H,17,18)/t11-,14+/m0/s1. The monoisotopic (exact) mass is 245 g/mol. The minimum absolute atomic E-state index is 0.00912. The van der Waals surface area contributed by atoms with Gasteiger partial charge in [-0.05, 0) is 19.0 Å². The molecule has 3 rings (SSSR count). The van der Waals surface area contributed by atoms with Gasteiger partial charge < -0.3 is 10.0 Å². The third-order valence-corrected chi connectivity index (χ3v) is 4.23. The Bertz CT molecular complexity index is 540. The highest BCUT2D eigenvalue weighted by atomic mass is 16.4. The molecule has 0 saturated carbocycles. The van der Waals surface area contributed by atoms with Crippen molar-refractivity contribution in [2.24, 2.45) is 11.3 Å². The van der Waals surface area contributed by atoms with Crippen LogP contribution in [0.25, 0.3) is 0 Å². The summed E-state index contributed by atoms with van der Waals surface area (Å²) in [5.41, 5.74) is 0.952.